The zero-order valence-electron chi connectivity index (χ0n) is 6.55. The molecule has 1 rings (SSSR count). The van der Waals surface area contributed by atoms with Crippen LogP contribution in [-0.2, 0) is 4.79 Å². The molecule has 60 valence electrons. The highest BCUT2D eigenvalue weighted by Gasteiger charge is 2.14. The van der Waals surface area contributed by atoms with E-state index in [1.165, 1.54) is 0 Å². The van der Waals surface area contributed by atoms with E-state index in [4.69, 9.17) is 5.26 Å². The van der Waals surface area contributed by atoms with Crippen LogP contribution in [0.25, 0.3) is 0 Å². The monoisotopic (exact) mass is 152 g/mol. The van der Waals surface area contributed by atoms with E-state index in [1.807, 2.05) is 6.07 Å². The second-order valence-electron chi connectivity index (χ2n) is 2.78. The van der Waals surface area contributed by atoms with E-state index in [0.29, 0.717) is 6.42 Å². The lowest BCUT2D eigenvalue weighted by Crippen LogP contribution is -2.30. The third-order valence-electron chi connectivity index (χ3n) is 1.93. The fourth-order valence-electron chi connectivity index (χ4n) is 1.29. The molecule has 0 aliphatic carbocycles. The first-order valence-electron chi connectivity index (χ1n) is 3.99. The molecule has 1 aliphatic heterocycles. The second-order valence-corrected chi connectivity index (χ2v) is 2.78. The van der Waals surface area contributed by atoms with Crippen molar-refractivity contribution in [1.82, 2.24) is 4.90 Å². The highest BCUT2D eigenvalue weighted by Crippen LogP contribution is 2.09. The molecular weight excluding hydrogens is 140 g/mol. The molecule has 0 radical (unpaired) electrons. The third kappa shape index (κ3) is 2.23. The Balaban J connectivity index is 2.47. The molecule has 1 aliphatic rings. The first-order chi connectivity index (χ1) is 5.34. The van der Waals surface area contributed by atoms with Crippen LogP contribution < -0.4 is 0 Å². The van der Waals surface area contributed by atoms with Gasteiger partial charge in [-0.1, -0.05) is 6.42 Å². The van der Waals surface area contributed by atoms with Crippen molar-refractivity contribution in [3.63, 3.8) is 0 Å². The Kier molecular flexibility index (Phi) is 2.91. The summed E-state index contributed by atoms with van der Waals surface area (Å²) in [6, 6.07) is 2.00. The normalized spacial score (nSPS) is 19.2. The largest absolute Gasteiger partial charge is 0.329 e. The van der Waals surface area contributed by atoms with Gasteiger partial charge in [-0.25, -0.2) is 0 Å². The van der Waals surface area contributed by atoms with E-state index in [0.717, 1.165) is 25.8 Å². The number of hydrogen-bond acceptors (Lipinski definition) is 2. The summed E-state index contributed by atoms with van der Waals surface area (Å²) in [5.74, 6) is 0.143. The molecular formula is C8H12N2O. The van der Waals surface area contributed by atoms with E-state index in [9.17, 15) is 4.79 Å². The summed E-state index contributed by atoms with van der Waals surface area (Å²) in [5, 5.41) is 8.38. The maximum absolute atomic E-state index is 11.2. The minimum absolute atomic E-state index is 0.143. The Labute approximate surface area is 66.6 Å². The van der Waals surface area contributed by atoms with Crippen molar-refractivity contribution in [2.45, 2.75) is 25.7 Å². The average Bonchev–Trinajstić information content (AvgIpc) is 2.18. The molecule has 0 spiro atoms. The minimum Gasteiger partial charge on any atom is -0.329 e. The average molecular weight is 152 g/mol. The van der Waals surface area contributed by atoms with Crippen molar-refractivity contribution in [2.75, 3.05) is 13.1 Å². The third-order valence-corrected chi connectivity index (χ3v) is 1.93. The molecule has 0 N–H and O–H groups in total. The zero-order chi connectivity index (χ0) is 8.10. The summed E-state index contributed by atoms with van der Waals surface area (Å²) in [6.07, 6.45) is 3.78. The molecule has 3 nitrogen and oxygen atoms in total. The van der Waals surface area contributed by atoms with Gasteiger partial charge in [0.15, 0.2) is 0 Å². The maximum Gasteiger partial charge on any atom is 0.223 e. The second kappa shape index (κ2) is 3.97. The lowest BCUT2D eigenvalue weighted by atomic mass is 10.2. The van der Waals surface area contributed by atoms with Crippen LogP contribution in [0.2, 0.25) is 0 Å². The molecule has 1 saturated heterocycles. The van der Waals surface area contributed by atoms with Crippen molar-refractivity contribution in [3.8, 4) is 6.07 Å². The molecule has 3 heteroatoms. The molecule has 0 saturated carbocycles. The van der Waals surface area contributed by atoms with Gasteiger partial charge >= 0.3 is 0 Å². The first-order valence-corrected chi connectivity index (χ1v) is 3.99. The first kappa shape index (κ1) is 8.06. The SMILES string of the molecule is N#CCN1CCCCCC1=O. The Morgan fingerprint density at radius 3 is 3.00 bits per heavy atom. The van der Waals surface area contributed by atoms with Gasteiger partial charge in [-0.15, -0.1) is 0 Å². The van der Waals surface area contributed by atoms with Crippen molar-refractivity contribution in [1.29, 1.82) is 5.26 Å². The number of amides is 1. The highest BCUT2D eigenvalue weighted by molar-refractivity contribution is 5.76. The molecule has 0 unspecified atom stereocenters. The van der Waals surface area contributed by atoms with Gasteiger partial charge in [-0.05, 0) is 12.8 Å². The summed E-state index contributed by atoms with van der Waals surface area (Å²) in [6.45, 7) is 1.03. The van der Waals surface area contributed by atoms with E-state index >= 15 is 0 Å². The van der Waals surface area contributed by atoms with Gasteiger partial charge in [0.25, 0.3) is 0 Å². The Bertz CT molecular complexity index is 183. The number of rotatable bonds is 1. The van der Waals surface area contributed by atoms with Gasteiger partial charge in [0.2, 0.25) is 5.91 Å². The van der Waals surface area contributed by atoms with Crippen molar-refractivity contribution in [2.24, 2.45) is 0 Å². The van der Waals surface area contributed by atoms with Gasteiger partial charge in [0, 0.05) is 13.0 Å². The smallest absolute Gasteiger partial charge is 0.223 e. The van der Waals surface area contributed by atoms with Crippen LogP contribution in [0.1, 0.15) is 25.7 Å². The van der Waals surface area contributed by atoms with Crippen LogP contribution in [0.5, 0.6) is 0 Å². The highest BCUT2D eigenvalue weighted by atomic mass is 16.2. The summed E-state index contributed by atoms with van der Waals surface area (Å²) in [4.78, 5) is 12.8. The van der Waals surface area contributed by atoms with E-state index in [-0.39, 0.29) is 12.5 Å². The molecule has 1 fully saturated rings. The lowest BCUT2D eigenvalue weighted by Gasteiger charge is -2.15. The number of hydrogen-bond donors (Lipinski definition) is 0. The summed E-state index contributed by atoms with van der Waals surface area (Å²) < 4.78 is 0. The lowest BCUT2D eigenvalue weighted by molar-refractivity contribution is -0.130. The maximum atomic E-state index is 11.2. The van der Waals surface area contributed by atoms with E-state index < -0.39 is 0 Å². The van der Waals surface area contributed by atoms with Crippen LogP contribution in [-0.4, -0.2) is 23.9 Å². The predicted molar refractivity (Wildman–Crippen MR) is 40.7 cm³/mol. The van der Waals surface area contributed by atoms with Gasteiger partial charge in [-0.2, -0.15) is 5.26 Å². The molecule has 0 aromatic heterocycles. The Hall–Kier alpha value is -1.04. The molecule has 0 atom stereocenters. The van der Waals surface area contributed by atoms with Crippen molar-refractivity contribution >= 4 is 5.91 Å². The molecule has 1 amide bonds. The number of carbonyl (C=O) groups excluding carboxylic acids is 1. The number of nitriles is 1. The topological polar surface area (TPSA) is 44.1 Å². The minimum atomic E-state index is 0.143. The Morgan fingerprint density at radius 2 is 2.27 bits per heavy atom. The number of likely N-dealkylation sites (tertiary alicyclic amines) is 1. The van der Waals surface area contributed by atoms with Crippen LogP contribution in [0.4, 0.5) is 0 Å². The summed E-state index contributed by atoms with van der Waals surface area (Å²) in [5.41, 5.74) is 0. The summed E-state index contributed by atoms with van der Waals surface area (Å²) >= 11 is 0. The van der Waals surface area contributed by atoms with Crippen LogP contribution in [0, 0.1) is 11.3 Å². The van der Waals surface area contributed by atoms with Crippen LogP contribution >= 0.6 is 0 Å². The molecule has 0 aromatic rings. The van der Waals surface area contributed by atoms with E-state index in [1.54, 1.807) is 4.90 Å². The van der Waals surface area contributed by atoms with Gasteiger partial charge in [0.1, 0.15) is 6.54 Å². The fraction of sp³-hybridized carbons (Fsp3) is 0.750. The predicted octanol–water partition coefficient (Wildman–Crippen LogP) is 0.913. The number of nitrogens with zero attached hydrogens (tertiary/aromatic N) is 2. The Morgan fingerprint density at radius 1 is 1.45 bits per heavy atom. The van der Waals surface area contributed by atoms with Gasteiger partial charge in [0.05, 0.1) is 6.07 Å². The van der Waals surface area contributed by atoms with Gasteiger partial charge in [-0.3, -0.25) is 4.79 Å². The standard InChI is InChI=1S/C8H12N2O/c9-5-7-10-6-3-1-2-4-8(10)11/h1-4,6-7H2. The van der Waals surface area contributed by atoms with E-state index in [2.05, 4.69) is 0 Å². The molecule has 0 bridgehead atoms. The molecule has 0 aromatic carbocycles. The van der Waals surface area contributed by atoms with Crippen LogP contribution in [0.3, 0.4) is 0 Å². The summed E-state index contributed by atoms with van der Waals surface area (Å²) in [7, 11) is 0. The molecule has 1 heterocycles. The quantitative estimate of drug-likeness (QED) is 0.524. The zero-order valence-corrected chi connectivity index (χ0v) is 6.55. The fourth-order valence-corrected chi connectivity index (χ4v) is 1.29. The van der Waals surface area contributed by atoms with Crippen molar-refractivity contribution in [3.05, 3.63) is 0 Å². The van der Waals surface area contributed by atoms with Crippen molar-refractivity contribution < 1.29 is 4.79 Å². The number of carbonyl (C=O) groups is 1. The van der Waals surface area contributed by atoms with Crippen LogP contribution in [0.15, 0.2) is 0 Å². The molecule has 11 heavy (non-hydrogen) atoms. The van der Waals surface area contributed by atoms with Gasteiger partial charge < -0.3 is 4.90 Å².